The Morgan fingerprint density at radius 1 is 1.37 bits per heavy atom. The van der Waals surface area contributed by atoms with E-state index >= 15 is 0 Å². The topological polar surface area (TPSA) is 51.2 Å². The number of hydrogen-bond donors (Lipinski definition) is 1. The fourth-order valence-electron chi connectivity index (χ4n) is 1.64. The van der Waals surface area contributed by atoms with Gasteiger partial charge in [0.2, 0.25) is 5.88 Å². The lowest BCUT2D eigenvalue weighted by molar-refractivity contribution is 0.102. The number of amides is 1. The van der Waals surface area contributed by atoms with Crippen LogP contribution in [0.25, 0.3) is 0 Å². The minimum absolute atomic E-state index is 0.282. The standard InChI is InChI=1S/C14H13ClN2O2/c1-9-5-6-10(15)8-12(9)17-13(18)11-4-3-7-16-14(11)19-2/h3-8H,1-2H3,(H,17,18). The van der Waals surface area contributed by atoms with Crippen LogP contribution in [-0.4, -0.2) is 18.0 Å². The number of halogens is 1. The Kier molecular flexibility index (Phi) is 4.02. The molecule has 1 amide bonds. The Morgan fingerprint density at radius 2 is 2.16 bits per heavy atom. The van der Waals surface area contributed by atoms with Gasteiger partial charge in [-0.05, 0) is 36.8 Å². The van der Waals surface area contributed by atoms with Gasteiger partial charge in [0.1, 0.15) is 5.56 Å². The number of nitrogens with zero attached hydrogens (tertiary/aromatic N) is 1. The summed E-state index contributed by atoms with van der Waals surface area (Å²) in [6, 6.07) is 8.66. The molecule has 4 nitrogen and oxygen atoms in total. The van der Waals surface area contributed by atoms with Crippen LogP contribution >= 0.6 is 11.6 Å². The summed E-state index contributed by atoms with van der Waals surface area (Å²) in [7, 11) is 1.48. The fourth-order valence-corrected chi connectivity index (χ4v) is 1.82. The molecule has 0 saturated carbocycles. The van der Waals surface area contributed by atoms with Gasteiger partial charge in [-0.1, -0.05) is 17.7 Å². The van der Waals surface area contributed by atoms with E-state index in [1.807, 2.05) is 13.0 Å². The van der Waals surface area contributed by atoms with E-state index in [0.717, 1.165) is 5.56 Å². The Labute approximate surface area is 116 Å². The maximum atomic E-state index is 12.2. The molecule has 0 saturated heterocycles. The van der Waals surface area contributed by atoms with Crippen molar-refractivity contribution >= 4 is 23.2 Å². The van der Waals surface area contributed by atoms with E-state index in [4.69, 9.17) is 16.3 Å². The van der Waals surface area contributed by atoms with E-state index in [-0.39, 0.29) is 5.91 Å². The quantitative estimate of drug-likeness (QED) is 0.936. The van der Waals surface area contributed by atoms with Crippen LogP contribution in [0.5, 0.6) is 5.88 Å². The number of aryl methyl sites for hydroxylation is 1. The van der Waals surface area contributed by atoms with Gasteiger partial charge in [0.15, 0.2) is 0 Å². The van der Waals surface area contributed by atoms with Gasteiger partial charge in [-0.15, -0.1) is 0 Å². The summed E-state index contributed by atoms with van der Waals surface area (Å²) in [6.45, 7) is 1.90. The monoisotopic (exact) mass is 276 g/mol. The number of hydrogen-bond acceptors (Lipinski definition) is 3. The van der Waals surface area contributed by atoms with Crippen LogP contribution in [0.4, 0.5) is 5.69 Å². The lowest BCUT2D eigenvalue weighted by atomic mass is 10.2. The number of ether oxygens (including phenoxy) is 1. The first-order chi connectivity index (χ1) is 9.11. The molecule has 2 aromatic rings. The average molecular weight is 277 g/mol. The van der Waals surface area contributed by atoms with Crippen LogP contribution in [0.3, 0.4) is 0 Å². The van der Waals surface area contributed by atoms with Crippen molar-refractivity contribution in [1.29, 1.82) is 0 Å². The molecule has 0 aliphatic carbocycles. The number of rotatable bonds is 3. The molecule has 98 valence electrons. The van der Waals surface area contributed by atoms with Crippen molar-refractivity contribution in [2.45, 2.75) is 6.92 Å². The normalized spacial score (nSPS) is 10.1. The average Bonchev–Trinajstić information content (AvgIpc) is 2.42. The molecule has 2 rings (SSSR count). The van der Waals surface area contributed by atoms with Crippen LogP contribution in [0.15, 0.2) is 36.5 Å². The Balaban J connectivity index is 2.28. The zero-order valence-corrected chi connectivity index (χ0v) is 11.4. The van der Waals surface area contributed by atoms with Gasteiger partial charge in [-0.25, -0.2) is 4.98 Å². The summed E-state index contributed by atoms with van der Waals surface area (Å²) in [6.07, 6.45) is 1.57. The Bertz CT molecular complexity index is 614. The molecule has 19 heavy (non-hydrogen) atoms. The highest BCUT2D eigenvalue weighted by Crippen LogP contribution is 2.22. The molecule has 0 aliphatic rings. The van der Waals surface area contributed by atoms with Crippen molar-refractivity contribution in [2.24, 2.45) is 0 Å². The third-order valence-electron chi connectivity index (χ3n) is 2.66. The highest BCUT2D eigenvalue weighted by atomic mass is 35.5. The number of nitrogens with one attached hydrogen (secondary N) is 1. The first-order valence-corrected chi connectivity index (χ1v) is 6.06. The molecule has 1 aromatic heterocycles. The molecular weight excluding hydrogens is 264 g/mol. The molecular formula is C14H13ClN2O2. The van der Waals surface area contributed by atoms with E-state index in [1.54, 1.807) is 30.5 Å². The molecule has 5 heteroatoms. The lowest BCUT2D eigenvalue weighted by Gasteiger charge is -2.10. The highest BCUT2D eigenvalue weighted by Gasteiger charge is 2.13. The minimum atomic E-state index is -0.282. The second-order valence-corrected chi connectivity index (χ2v) is 4.41. The number of benzene rings is 1. The van der Waals surface area contributed by atoms with Crippen molar-refractivity contribution in [3.8, 4) is 5.88 Å². The molecule has 0 spiro atoms. The molecule has 1 heterocycles. The predicted octanol–water partition coefficient (Wildman–Crippen LogP) is 3.30. The summed E-state index contributed by atoms with van der Waals surface area (Å²) >= 11 is 5.92. The van der Waals surface area contributed by atoms with Crippen LogP contribution in [0.2, 0.25) is 5.02 Å². The van der Waals surface area contributed by atoms with Crippen molar-refractivity contribution in [1.82, 2.24) is 4.98 Å². The first-order valence-electron chi connectivity index (χ1n) is 5.68. The van der Waals surface area contributed by atoms with Crippen molar-refractivity contribution in [2.75, 3.05) is 12.4 Å². The van der Waals surface area contributed by atoms with Crippen LogP contribution < -0.4 is 10.1 Å². The highest BCUT2D eigenvalue weighted by molar-refractivity contribution is 6.31. The lowest BCUT2D eigenvalue weighted by Crippen LogP contribution is -2.14. The molecule has 0 unspecified atom stereocenters. The van der Waals surface area contributed by atoms with E-state index in [1.165, 1.54) is 7.11 Å². The number of methoxy groups -OCH3 is 1. The summed E-state index contributed by atoms with van der Waals surface area (Å²) < 4.78 is 5.06. The van der Waals surface area contributed by atoms with Gasteiger partial charge in [0.25, 0.3) is 5.91 Å². The van der Waals surface area contributed by atoms with Gasteiger partial charge >= 0.3 is 0 Å². The maximum Gasteiger partial charge on any atom is 0.261 e. The molecule has 0 bridgehead atoms. The van der Waals surface area contributed by atoms with Crippen LogP contribution in [0, 0.1) is 6.92 Å². The van der Waals surface area contributed by atoms with E-state index in [9.17, 15) is 4.79 Å². The molecule has 0 fully saturated rings. The predicted molar refractivity (Wildman–Crippen MR) is 74.9 cm³/mol. The second-order valence-electron chi connectivity index (χ2n) is 3.97. The van der Waals surface area contributed by atoms with Crippen molar-refractivity contribution in [3.05, 3.63) is 52.7 Å². The van der Waals surface area contributed by atoms with Gasteiger partial charge < -0.3 is 10.1 Å². The first kappa shape index (κ1) is 13.4. The molecule has 1 N–H and O–H groups in total. The third-order valence-corrected chi connectivity index (χ3v) is 2.89. The maximum absolute atomic E-state index is 12.2. The smallest absolute Gasteiger partial charge is 0.261 e. The minimum Gasteiger partial charge on any atom is -0.480 e. The second kappa shape index (κ2) is 5.71. The largest absolute Gasteiger partial charge is 0.480 e. The van der Waals surface area contributed by atoms with Crippen LogP contribution in [-0.2, 0) is 0 Å². The van der Waals surface area contributed by atoms with Crippen molar-refractivity contribution in [3.63, 3.8) is 0 Å². The number of carbonyl (C=O) groups excluding carboxylic acids is 1. The summed E-state index contributed by atoms with van der Waals surface area (Å²) in [5.74, 6) is 0.00926. The summed E-state index contributed by atoms with van der Waals surface area (Å²) in [5.41, 5.74) is 1.98. The Morgan fingerprint density at radius 3 is 2.89 bits per heavy atom. The number of carbonyl (C=O) groups is 1. The van der Waals surface area contributed by atoms with E-state index in [0.29, 0.717) is 22.2 Å². The van der Waals surface area contributed by atoms with Gasteiger partial charge in [0, 0.05) is 16.9 Å². The third kappa shape index (κ3) is 3.03. The fraction of sp³-hybridized carbons (Fsp3) is 0.143. The van der Waals surface area contributed by atoms with E-state index in [2.05, 4.69) is 10.3 Å². The zero-order chi connectivity index (χ0) is 13.8. The van der Waals surface area contributed by atoms with E-state index < -0.39 is 0 Å². The molecule has 0 atom stereocenters. The molecule has 0 radical (unpaired) electrons. The SMILES string of the molecule is COc1ncccc1C(=O)Nc1cc(Cl)ccc1C. The zero-order valence-electron chi connectivity index (χ0n) is 10.6. The number of aromatic nitrogens is 1. The summed E-state index contributed by atoms with van der Waals surface area (Å²) in [5, 5.41) is 3.37. The Hall–Kier alpha value is -2.07. The van der Waals surface area contributed by atoms with Gasteiger partial charge in [0.05, 0.1) is 7.11 Å². The summed E-state index contributed by atoms with van der Waals surface area (Å²) in [4.78, 5) is 16.2. The van der Waals surface area contributed by atoms with Crippen molar-refractivity contribution < 1.29 is 9.53 Å². The molecule has 1 aromatic carbocycles. The number of pyridine rings is 1. The molecule has 0 aliphatic heterocycles. The van der Waals surface area contributed by atoms with Gasteiger partial charge in [-0.2, -0.15) is 0 Å². The van der Waals surface area contributed by atoms with Crippen LogP contribution in [0.1, 0.15) is 15.9 Å². The van der Waals surface area contributed by atoms with Gasteiger partial charge in [-0.3, -0.25) is 4.79 Å². The number of anilines is 1.